The molecule has 0 amide bonds. The molecule has 0 spiro atoms. The first kappa shape index (κ1) is 14.6. The predicted molar refractivity (Wildman–Crippen MR) is 81.0 cm³/mol. The van der Waals surface area contributed by atoms with Gasteiger partial charge < -0.3 is 10.3 Å². The van der Waals surface area contributed by atoms with Crippen LogP contribution in [0.25, 0.3) is 0 Å². The highest BCUT2D eigenvalue weighted by molar-refractivity contribution is 7.11. The molecule has 1 fully saturated rings. The number of aromatic nitrogens is 3. The van der Waals surface area contributed by atoms with Gasteiger partial charge in [0.25, 0.3) is 0 Å². The van der Waals surface area contributed by atoms with Crippen molar-refractivity contribution in [3.8, 4) is 0 Å². The van der Waals surface area contributed by atoms with E-state index in [9.17, 15) is 0 Å². The van der Waals surface area contributed by atoms with Crippen LogP contribution in [0.4, 0.5) is 0 Å². The molecule has 114 valence electrons. The smallest absolute Gasteiger partial charge is 0.240 e. The normalized spacial score (nSPS) is 20.0. The van der Waals surface area contributed by atoms with Crippen LogP contribution in [0.2, 0.25) is 0 Å². The van der Waals surface area contributed by atoms with Crippen molar-refractivity contribution in [3.05, 3.63) is 27.3 Å². The van der Waals surface area contributed by atoms with E-state index in [0.717, 1.165) is 31.2 Å². The van der Waals surface area contributed by atoms with Gasteiger partial charge in [-0.05, 0) is 33.2 Å². The Balaban J connectivity index is 1.65. The first-order valence-corrected chi connectivity index (χ1v) is 8.15. The Bertz CT molecular complexity index is 589. The van der Waals surface area contributed by atoms with Crippen molar-refractivity contribution in [3.63, 3.8) is 0 Å². The maximum Gasteiger partial charge on any atom is 0.240 e. The van der Waals surface area contributed by atoms with Gasteiger partial charge in [0.05, 0.1) is 23.8 Å². The molecule has 3 heterocycles. The molecule has 1 atom stereocenters. The van der Waals surface area contributed by atoms with E-state index >= 15 is 0 Å². The molecule has 2 aromatic rings. The van der Waals surface area contributed by atoms with Crippen LogP contribution >= 0.6 is 11.3 Å². The summed E-state index contributed by atoms with van der Waals surface area (Å²) in [6.45, 7) is 7.34. The maximum atomic E-state index is 5.49. The standard InChI is InChI=1S/C14H21N5OS/c1-9-10(2)21-14(16-9)11-4-3-5-19(7-11)8-12-17-13(6-15)20-18-12/h11H,3-8,15H2,1-2H3. The lowest BCUT2D eigenvalue weighted by atomic mass is 9.99. The van der Waals surface area contributed by atoms with Crippen LogP contribution in [0.3, 0.4) is 0 Å². The Morgan fingerprint density at radius 2 is 2.24 bits per heavy atom. The Labute approximate surface area is 128 Å². The molecule has 2 aromatic heterocycles. The minimum Gasteiger partial charge on any atom is -0.338 e. The van der Waals surface area contributed by atoms with Crippen LogP contribution in [0.5, 0.6) is 0 Å². The van der Waals surface area contributed by atoms with Gasteiger partial charge in [0, 0.05) is 17.3 Å². The summed E-state index contributed by atoms with van der Waals surface area (Å²) >= 11 is 1.83. The summed E-state index contributed by atoms with van der Waals surface area (Å²) in [6, 6.07) is 0. The minimum atomic E-state index is 0.299. The van der Waals surface area contributed by atoms with Gasteiger partial charge in [-0.3, -0.25) is 4.90 Å². The molecule has 1 unspecified atom stereocenters. The summed E-state index contributed by atoms with van der Waals surface area (Å²) in [4.78, 5) is 12.7. The van der Waals surface area contributed by atoms with E-state index in [-0.39, 0.29) is 0 Å². The molecule has 1 aliphatic heterocycles. The zero-order chi connectivity index (χ0) is 14.8. The number of thiazole rings is 1. The Morgan fingerprint density at radius 1 is 1.38 bits per heavy atom. The topological polar surface area (TPSA) is 81.1 Å². The average Bonchev–Trinajstić information content (AvgIpc) is 3.07. The molecule has 3 rings (SSSR count). The van der Waals surface area contributed by atoms with Gasteiger partial charge in [-0.25, -0.2) is 4.98 Å². The minimum absolute atomic E-state index is 0.299. The molecule has 1 saturated heterocycles. The second kappa shape index (κ2) is 6.21. The molecule has 7 heteroatoms. The van der Waals surface area contributed by atoms with Crippen molar-refractivity contribution in [1.29, 1.82) is 0 Å². The lowest BCUT2D eigenvalue weighted by Crippen LogP contribution is -2.34. The quantitative estimate of drug-likeness (QED) is 0.930. The zero-order valence-electron chi connectivity index (χ0n) is 12.5. The third-order valence-corrected chi connectivity index (χ3v) is 5.18. The van der Waals surface area contributed by atoms with Crippen molar-refractivity contribution >= 4 is 11.3 Å². The van der Waals surface area contributed by atoms with E-state index in [0.29, 0.717) is 18.4 Å². The number of rotatable bonds is 4. The van der Waals surface area contributed by atoms with E-state index in [2.05, 4.69) is 28.9 Å². The highest BCUT2D eigenvalue weighted by atomic mass is 32.1. The van der Waals surface area contributed by atoms with E-state index in [4.69, 9.17) is 15.2 Å². The number of nitrogens with zero attached hydrogens (tertiary/aromatic N) is 4. The molecule has 21 heavy (non-hydrogen) atoms. The molecule has 1 aliphatic rings. The van der Waals surface area contributed by atoms with Crippen LogP contribution in [0, 0.1) is 13.8 Å². The predicted octanol–water partition coefficient (Wildman–Crippen LogP) is 1.98. The van der Waals surface area contributed by atoms with E-state index in [1.807, 2.05) is 11.3 Å². The Kier molecular flexibility index (Phi) is 4.32. The molecule has 0 radical (unpaired) electrons. The molecule has 0 bridgehead atoms. The van der Waals surface area contributed by atoms with E-state index in [1.54, 1.807) is 0 Å². The van der Waals surface area contributed by atoms with Crippen LogP contribution < -0.4 is 5.73 Å². The third kappa shape index (κ3) is 3.30. The van der Waals surface area contributed by atoms with Crippen LogP contribution in [-0.2, 0) is 13.1 Å². The number of hydrogen-bond donors (Lipinski definition) is 1. The summed E-state index contributed by atoms with van der Waals surface area (Å²) in [5.41, 5.74) is 6.66. The maximum absolute atomic E-state index is 5.49. The second-order valence-corrected chi connectivity index (χ2v) is 6.81. The average molecular weight is 307 g/mol. The summed E-state index contributed by atoms with van der Waals surface area (Å²) < 4.78 is 5.06. The fourth-order valence-electron chi connectivity index (χ4n) is 2.71. The van der Waals surface area contributed by atoms with E-state index < -0.39 is 0 Å². The Hall–Kier alpha value is -1.31. The lowest BCUT2D eigenvalue weighted by molar-refractivity contribution is 0.193. The van der Waals surface area contributed by atoms with Crippen molar-refractivity contribution in [2.45, 2.75) is 45.7 Å². The summed E-state index contributed by atoms with van der Waals surface area (Å²) in [5.74, 6) is 1.75. The highest BCUT2D eigenvalue weighted by Gasteiger charge is 2.25. The number of aryl methyl sites for hydroxylation is 2. The summed E-state index contributed by atoms with van der Waals surface area (Å²) in [6.07, 6.45) is 2.40. The first-order chi connectivity index (χ1) is 10.2. The largest absolute Gasteiger partial charge is 0.338 e. The zero-order valence-corrected chi connectivity index (χ0v) is 13.3. The van der Waals surface area contributed by atoms with Gasteiger partial charge in [-0.1, -0.05) is 5.16 Å². The van der Waals surface area contributed by atoms with E-state index in [1.165, 1.54) is 22.7 Å². The molecule has 6 nitrogen and oxygen atoms in total. The third-order valence-electron chi connectivity index (χ3n) is 3.95. The summed E-state index contributed by atoms with van der Waals surface area (Å²) in [5, 5.41) is 5.25. The number of nitrogens with two attached hydrogens (primary N) is 1. The van der Waals surface area contributed by atoms with Gasteiger partial charge >= 0.3 is 0 Å². The van der Waals surface area contributed by atoms with Crippen molar-refractivity contribution < 1.29 is 4.52 Å². The molecule has 2 N–H and O–H groups in total. The molecule has 0 saturated carbocycles. The van der Waals surface area contributed by atoms with Crippen LogP contribution in [0.1, 0.15) is 46.1 Å². The van der Waals surface area contributed by atoms with Crippen LogP contribution in [-0.4, -0.2) is 33.1 Å². The SMILES string of the molecule is Cc1nc(C2CCCN(Cc3noc(CN)n3)C2)sc1C. The van der Waals surface area contributed by atoms with Gasteiger partial charge in [0.1, 0.15) is 0 Å². The van der Waals surface area contributed by atoms with Gasteiger partial charge in [-0.15, -0.1) is 11.3 Å². The Morgan fingerprint density at radius 3 is 2.90 bits per heavy atom. The van der Waals surface area contributed by atoms with Crippen molar-refractivity contribution in [2.24, 2.45) is 5.73 Å². The van der Waals surface area contributed by atoms with Crippen molar-refractivity contribution in [2.75, 3.05) is 13.1 Å². The monoisotopic (exact) mass is 307 g/mol. The highest BCUT2D eigenvalue weighted by Crippen LogP contribution is 2.31. The number of likely N-dealkylation sites (tertiary alicyclic amines) is 1. The molecular weight excluding hydrogens is 286 g/mol. The first-order valence-electron chi connectivity index (χ1n) is 7.33. The molecule has 0 aromatic carbocycles. The molecular formula is C14H21N5OS. The van der Waals surface area contributed by atoms with Gasteiger partial charge in [-0.2, -0.15) is 4.98 Å². The number of piperidine rings is 1. The summed E-state index contributed by atoms with van der Waals surface area (Å²) in [7, 11) is 0. The van der Waals surface area contributed by atoms with Gasteiger partial charge in [0.2, 0.25) is 5.89 Å². The lowest BCUT2D eigenvalue weighted by Gasteiger charge is -2.30. The number of hydrogen-bond acceptors (Lipinski definition) is 7. The van der Waals surface area contributed by atoms with Crippen LogP contribution in [0.15, 0.2) is 4.52 Å². The second-order valence-electron chi connectivity index (χ2n) is 5.58. The van der Waals surface area contributed by atoms with Gasteiger partial charge in [0.15, 0.2) is 5.82 Å². The van der Waals surface area contributed by atoms with Crippen molar-refractivity contribution in [1.82, 2.24) is 20.0 Å². The fraction of sp³-hybridized carbons (Fsp3) is 0.643. The molecule has 0 aliphatic carbocycles. The fourth-order valence-corrected chi connectivity index (χ4v) is 3.76.